The zero-order valence-electron chi connectivity index (χ0n) is 17.0. The predicted octanol–water partition coefficient (Wildman–Crippen LogP) is 2.11. The van der Waals surface area contributed by atoms with Gasteiger partial charge in [0, 0.05) is 38.6 Å². The second kappa shape index (κ2) is 11.4. The third-order valence-corrected chi connectivity index (χ3v) is 5.40. The summed E-state index contributed by atoms with van der Waals surface area (Å²) in [5, 5.41) is 9.87. The van der Waals surface area contributed by atoms with Crippen LogP contribution in [0.3, 0.4) is 0 Å². The molecule has 26 heavy (non-hydrogen) atoms. The first-order valence-electron chi connectivity index (χ1n) is 10.6. The van der Waals surface area contributed by atoms with E-state index in [0.717, 1.165) is 38.3 Å². The standard InChI is InChI=1S/C20H39N5O/c1-16(2)18(25-13-6-4-5-7-14-25)15-23-20(21-3)22-12-8-9-19(26)24-17-10-11-17/h16-18H,4-15H2,1-3H3,(H,24,26)(H2,21,22,23). The Balaban J connectivity index is 1.67. The molecule has 0 aromatic rings. The lowest BCUT2D eigenvalue weighted by atomic mass is 10.0. The first-order chi connectivity index (χ1) is 12.6. The molecule has 2 fully saturated rings. The van der Waals surface area contributed by atoms with Crippen molar-refractivity contribution in [3.63, 3.8) is 0 Å². The van der Waals surface area contributed by atoms with Gasteiger partial charge in [-0.15, -0.1) is 0 Å². The van der Waals surface area contributed by atoms with E-state index in [2.05, 4.69) is 39.7 Å². The Hall–Kier alpha value is -1.30. The zero-order valence-corrected chi connectivity index (χ0v) is 17.0. The molecule has 1 aliphatic heterocycles. The molecule has 0 aromatic carbocycles. The van der Waals surface area contributed by atoms with Crippen molar-refractivity contribution < 1.29 is 4.79 Å². The number of amides is 1. The van der Waals surface area contributed by atoms with Crippen LogP contribution in [0.5, 0.6) is 0 Å². The molecule has 0 spiro atoms. The number of carbonyl (C=O) groups excluding carboxylic acids is 1. The largest absolute Gasteiger partial charge is 0.356 e. The van der Waals surface area contributed by atoms with Gasteiger partial charge >= 0.3 is 0 Å². The molecular formula is C20H39N5O. The normalized spacial score (nSPS) is 20.5. The van der Waals surface area contributed by atoms with E-state index in [1.807, 2.05) is 7.05 Å². The fraction of sp³-hybridized carbons (Fsp3) is 0.900. The topological polar surface area (TPSA) is 68.8 Å². The first-order valence-corrected chi connectivity index (χ1v) is 10.6. The minimum absolute atomic E-state index is 0.179. The molecule has 1 atom stereocenters. The van der Waals surface area contributed by atoms with E-state index >= 15 is 0 Å². The Morgan fingerprint density at radius 1 is 1.12 bits per heavy atom. The van der Waals surface area contributed by atoms with Crippen LogP contribution < -0.4 is 16.0 Å². The van der Waals surface area contributed by atoms with Crippen molar-refractivity contribution in [2.24, 2.45) is 10.9 Å². The number of carbonyl (C=O) groups is 1. The maximum absolute atomic E-state index is 11.7. The number of hydrogen-bond donors (Lipinski definition) is 3. The summed E-state index contributed by atoms with van der Waals surface area (Å²) in [6, 6.07) is 0.993. The van der Waals surface area contributed by atoms with Crippen molar-refractivity contribution >= 4 is 11.9 Å². The lowest BCUT2D eigenvalue weighted by Gasteiger charge is -2.34. The van der Waals surface area contributed by atoms with Crippen LogP contribution in [0.15, 0.2) is 4.99 Å². The number of hydrogen-bond acceptors (Lipinski definition) is 3. The lowest BCUT2D eigenvalue weighted by Crippen LogP contribution is -2.49. The molecule has 6 heteroatoms. The molecule has 150 valence electrons. The number of aliphatic imine (C=N–C) groups is 1. The summed E-state index contributed by atoms with van der Waals surface area (Å²) in [5.74, 6) is 1.64. The number of nitrogens with one attached hydrogen (secondary N) is 3. The quantitative estimate of drug-likeness (QED) is 0.333. The average molecular weight is 366 g/mol. The molecule has 1 amide bonds. The van der Waals surface area contributed by atoms with Crippen molar-refractivity contribution in [1.29, 1.82) is 0 Å². The fourth-order valence-electron chi connectivity index (χ4n) is 3.62. The average Bonchev–Trinajstić information content (AvgIpc) is 3.44. The van der Waals surface area contributed by atoms with Crippen molar-refractivity contribution in [3.8, 4) is 0 Å². The van der Waals surface area contributed by atoms with Crippen LogP contribution in [0.25, 0.3) is 0 Å². The zero-order chi connectivity index (χ0) is 18.8. The highest BCUT2D eigenvalue weighted by atomic mass is 16.1. The van der Waals surface area contributed by atoms with E-state index in [1.54, 1.807) is 0 Å². The fourth-order valence-corrected chi connectivity index (χ4v) is 3.62. The highest BCUT2D eigenvalue weighted by molar-refractivity contribution is 5.80. The molecule has 0 radical (unpaired) electrons. The van der Waals surface area contributed by atoms with Crippen molar-refractivity contribution in [3.05, 3.63) is 0 Å². The molecule has 3 N–H and O–H groups in total. The number of likely N-dealkylation sites (tertiary alicyclic amines) is 1. The minimum atomic E-state index is 0.179. The van der Waals surface area contributed by atoms with Crippen LogP contribution in [-0.2, 0) is 4.79 Å². The van der Waals surface area contributed by atoms with Gasteiger partial charge in [0.15, 0.2) is 5.96 Å². The molecule has 2 rings (SSSR count). The Morgan fingerprint density at radius 3 is 2.38 bits per heavy atom. The third kappa shape index (κ3) is 7.94. The van der Waals surface area contributed by atoms with Gasteiger partial charge in [-0.1, -0.05) is 26.7 Å². The highest BCUT2D eigenvalue weighted by Gasteiger charge is 2.23. The summed E-state index contributed by atoms with van der Waals surface area (Å²) < 4.78 is 0. The maximum Gasteiger partial charge on any atom is 0.220 e. The van der Waals surface area contributed by atoms with Crippen molar-refractivity contribution in [1.82, 2.24) is 20.9 Å². The van der Waals surface area contributed by atoms with Gasteiger partial charge in [-0.2, -0.15) is 0 Å². The van der Waals surface area contributed by atoms with Crippen LogP contribution >= 0.6 is 0 Å². The Labute approximate surface area is 159 Å². The van der Waals surface area contributed by atoms with Gasteiger partial charge in [-0.25, -0.2) is 0 Å². The summed E-state index contributed by atoms with van der Waals surface area (Å²) in [6.45, 7) is 8.74. The Bertz CT molecular complexity index is 439. The number of nitrogens with zero attached hydrogens (tertiary/aromatic N) is 2. The van der Waals surface area contributed by atoms with Gasteiger partial charge in [-0.05, 0) is 51.1 Å². The van der Waals surface area contributed by atoms with Crippen molar-refractivity contribution in [2.75, 3.05) is 33.2 Å². The molecule has 0 bridgehead atoms. The van der Waals surface area contributed by atoms with Gasteiger partial charge in [0.25, 0.3) is 0 Å². The van der Waals surface area contributed by atoms with Crippen LogP contribution in [0.2, 0.25) is 0 Å². The van der Waals surface area contributed by atoms with Crippen LogP contribution in [-0.4, -0.2) is 62.1 Å². The van der Waals surface area contributed by atoms with E-state index in [9.17, 15) is 4.79 Å². The van der Waals surface area contributed by atoms with Gasteiger partial charge in [0.05, 0.1) is 0 Å². The summed E-state index contributed by atoms with van der Waals surface area (Å²) in [5.41, 5.74) is 0. The number of rotatable bonds is 9. The van der Waals surface area contributed by atoms with Gasteiger partial charge in [0.1, 0.15) is 0 Å². The first kappa shape index (κ1) is 21.0. The molecule has 0 aromatic heterocycles. The second-order valence-corrected chi connectivity index (χ2v) is 8.09. The summed E-state index contributed by atoms with van der Waals surface area (Å²) in [4.78, 5) is 18.7. The molecule has 1 saturated carbocycles. The second-order valence-electron chi connectivity index (χ2n) is 8.09. The predicted molar refractivity (Wildman–Crippen MR) is 108 cm³/mol. The number of guanidine groups is 1. The smallest absolute Gasteiger partial charge is 0.220 e. The summed E-state index contributed by atoms with van der Waals surface area (Å²) >= 11 is 0. The molecule has 2 aliphatic rings. The molecule has 1 saturated heterocycles. The van der Waals surface area contributed by atoms with Gasteiger partial charge in [0.2, 0.25) is 5.91 Å². The van der Waals surface area contributed by atoms with Crippen LogP contribution in [0.4, 0.5) is 0 Å². The molecule has 1 unspecified atom stereocenters. The lowest BCUT2D eigenvalue weighted by molar-refractivity contribution is -0.121. The monoisotopic (exact) mass is 365 g/mol. The molecule has 1 aliphatic carbocycles. The Morgan fingerprint density at radius 2 is 1.81 bits per heavy atom. The summed E-state index contributed by atoms with van der Waals surface area (Å²) in [7, 11) is 1.81. The molecular weight excluding hydrogens is 326 g/mol. The van der Waals surface area contributed by atoms with Gasteiger partial charge < -0.3 is 16.0 Å². The van der Waals surface area contributed by atoms with Crippen LogP contribution in [0.1, 0.15) is 65.2 Å². The molecule has 6 nitrogen and oxygen atoms in total. The maximum atomic E-state index is 11.7. The van der Waals surface area contributed by atoms with E-state index in [0.29, 0.717) is 24.4 Å². The highest BCUT2D eigenvalue weighted by Crippen LogP contribution is 2.18. The molecule has 1 heterocycles. The SMILES string of the molecule is CN=C(NCCCC(=O)NC1CC1)NCC(C(C)C)N1CCCCCC1. The Kier molecular flexibility index (Phi) is 9.23. The van der Waals surface area contributed by atoms with E-state index < -0.39 is 0 Å². The third-order valence-electron chi connectivity index (χ3n) is 5.40. The minimum Gasteiger partial charge on any atom is -0.356 e. The van der Waals surface area contributed by atoms with Crippen molar-refractivity contribution in [2.45, 2.75) is 77.3 Å². The van der Waals surface area contributed by atoms with Gasteiger partial charge in [-0.3, -0.25) is 14.7 Å². The summed E-state index contributed by atoms with van der Waals surface area (Å²) in [6.07, 6.45) is 9.09. The van der Waals surface area contributed by atoms with E-state index in [4.69, 9.17) is 0 Å². The van der Waals surface area contributed by atoms with E-state index in [-0.39, 0.29) is 5.91 Å². The van der Waals surface area contributed by atoms with Crippen LogP contribution in [0, 0.1) is 5.92 Å². The van der Waals surface area contributed by atoms with E-state index in [1.165, 1.54) is 38.8 Å².